The van der Waals surface area contributed by atoms with E-state index in [1.807, 2.05) is 6.92 Å². The lowest BCUT2D eigenvalue weighted by atomic mass is 10.1. The first-order valence-corrected chi connectivity index (χ1v) is 7.31. The molecule has 0 atom stereocenters. The Morgan fingerprint density at radius 1 is 1.13 bits per heavy atom. The van der Waals surface area contributed by atoms with Gasteiger partial charge in [-0.2, -0.15) is 0 Å². The number of anilines is 1. The second-order valence-corrected chi connectivity index (χ2v) is 5.16. The maximum absolute atomic E-state index is 13.6. The number of carbonyl (C=O) groups is 1. The van der Waals surface area contributed by atoms with Crippen molar-refractivity contribution >= 4 is 11.6 Å². The first-order valence-electron chi connectivity index (χ1n) is 7.31. The molecule has 0 saturated carbocycles. The molecule has 0 saturated heterocycles. The highest BCUT2D eigenvalue weighted by atomic mass is 19.1. The van der Waals surface area contributed by atoms with Crippen molar-refractivity contribution in [2.45, 2.75) is 19.8 Å². The normalized spacial score (nSPS) is 10.3. The smallest absolute Gasteiger partial charge is 0.224 e. The van der Waals surface area contributed by atoms with Gasteiger partial charge in [-0.25, -0.2) is 4.39 Å². The number of carbonyl (C=O) groups excluding carboxylic acids is 1. The van der Waals surface area contributed by atoms with E-state index in [2.05, 4.69) is 5.32 Å². The number of ether oxygens (including phenoxy) is 2. The number of hydrogen-bond acceptors (Lipinski definition) is 3. The monoisotopic (exact) mass is 317 g/mol. The van der Waals surface area contributed by atoms with Gasteiger partial charge >= 0.3 is 0 Å². The van der Waals surface area contributed by atoms with Gasteiger partial charge < -0.3 is 14.8 Å². The van der Waals surface area contributed by atoms with Gasteiger partial charge in [0.2, 0.25) is 5.91 Å². The van der Waals surface area contributed by atoms with Gasteiger partial charge in [0.25, 0.3) is 0 Å². The average Bonchev–Trinajstić information content (AvgIpc) is 2.55. The van der Waals surface area contributed by atoms with Crippen LogP contribution in [0.3, 0.4) is 0 Å². The minimum absolute atomic E-state index is 0.177. The molecule has 0 fully saturated rings. The lowest BCUT2D eigenvalue weighted by Crippen LogP contribution is -2.13. The van der Waals surface area contributed by atoms with Crippen LogP contribution in [0.5, 0.6) is 11.5 Å². The predicted octanol–water partition coefficient (Wildman–Crippen LogP) is 3.72. The van der Waals surface area contributed by atoms with E-state index in [1.165, 1.54) is 13.2 Å². The summed E-state index contributed by atoms with van der Waals surface area (Å²) in [6.45, 7) is 1.87. The first-order chi connectivity index (χ1) is 11.0. The van der Waals surface area contributed by atoms with Crippen LogP contribution in [0, 0.1) is 12.7 Å². The highest BCUT2D eigenvalue weighted by Gasteiger charge is 2.11. The summed E-state index contributed by atoms with van der Waals surface area (Å²) in [4.78, 5) is 12.1. The number of methoxy groups -OCH3 is 2. The van der Waals surface area contributed by atoms with Gasteiger partial charge in [0.05, 0.1) is 14.2 Å². The fourth-order valence-corrected chi connectivity index (χ4v) is 2.28. The van der Waals surface area contributed by atoms with Crippen LogP contribution < -0.4 is 14.8 Å². The van der Waals surface area contributed by atoms with E-state index >= 15 is 0 Å². The number of nitrogens with one attached hydrogen (secondary N) is 1. The van der Waals surface area contributed by atoms with Gasteiger partial charge in [-0.05, 0) is 36.6 Å². The molecule has 23 heavy (non-hydrogen) atoms. The largest absolute Gasteiger partial charge is 0.493 e. The Morgan fingerprint density at radius 3 is 2.43 bits per heavy atom. The van der Waals surface area contributed by atoms with E-state index < -0.39 is 0 Å². The quantitative estimate of drug-likeness (QED) is 0.883. The Bertz CT molecular complexity index is 701. The number of hydrogen-bond donors (Lipinski definition) is 1. The molecule has 0 aromatic heterocycles. The summed E-state index contributed by atoms with van der Waals surface area (Å²) in [6, 6.07) is 9.98. The van der Waals surface area contributed by atoms with Gasteiger partial charge in [0.15, 0.2) is 11.5 Å². The molecular formula is C18H20FNO3. The van der Waals surface area contributed by atoms with Crippen molar-refractivity contribution in [1.29, 1.82) is 0 Å². The maximum atomic E-state index is 13.6. The Morgan fingerprint density at radius 2 is 1.78 bits per heavy atom. The van der Waals surface area contributed by atoms with Crippen molar-refractivity contribution in [3.05, 3.63) is 53.3 Å². The molecule has 0 aliphatic rings. The molecular weight excluding hydrogens is 297 g/mol. The molecule has 2 aromatic carbocycles. The highest BCUT2D eigenvalue weighted by Crippen LogP contribution is 2.32. The molecule has 0 spiro atoms. The van der Waals surface area contributed by atoms with Gasteiger partial charge in [0, 0.05) is 18.2 Å². The minimum atomic E-state index is -0.289. The van der Waals surface area contributed by atoms with E-state index in [1.54, 1.807) is 37.4 Å². The third kappa shape index (κ3) is 4.22. The van der Waals surface area contributed by atoms with Gasteiger partial charge in [-0.1, -0.05) is 18.2 Å². The van der Waals surface area contributed by atoms with Crippen molar-refractivity contribution in [2.24, 2.45) is 0 Å². The molecule has 2 aromatic rings. The maximum Gasteiger partial charge on any atom is 0.224 e. The van der Waals surface area contributed by atoms with Gasteiger partial charge in [-0.15, -0.1) is 0 Å². The second kappa shape index (κ2) is 7.63. The van der Waals surface area contributed by atoms with E-state index in [4.69, 9.17) is 9.47 Å². The van der Waals surface area contributed by atoms with E-state index in [0.717, 1.165) is 5.56 Å². The molecule has 0 heterocycles. The standard InChI is InChI=1S/C18H20FNO3/c1-12-10-16(22-2)17(23-3)11-15(12)20-18(21)9-8-13-6-4-5-7-14(13)19/h4-7,10-11H,8-9H2,1-3H3,(H,20,21). The summed E-state index contributed by atoms with van der Waals surface area (Å²) in [7, 11) is 3.10. The molecule has 122 valence electrons. The van der Waals surface area contributed by atoms with Crippen LogP contribution in [0.25, 0.3) is 0 Å². The lowest BCUT2D eigenvalue weighted by molar-refractivity contribution is -0.116. The molecule has 1 amide bonds. The molecule has 0 aliphatic heterocycles. The fourth-order valence-electron chi connectivity index (χ4n) is 2.28. The van der Waals surface area contributed by atoms with E-state index in [9.17, 15) is 9.18 Å². The summed E-state index contributed by atoms with van der Waals surface area (Å²) in [6.07, 6.45) is 0.555. The summed E-state index contributed by atoms with van der Waals surface area (Å²) < 4.78 is 24.0. The van der Waals surface area contributed by atoms with Crippen LogP contribution in [0.4, 0.5) is 10.1 Å². The number of aryl methyl sites for hydroxylation is 2. The predicted molar refractivity (Wildman–Crippen MR) is 87.6 cm³/mol. The first kappa shape index (κ1) is 16.8. The van der Waals surface area contributed by atoms with Crippen molar-refractivity contribution in [1.82, 2.24) is 0 Å². The summed E-state index contributed by atoms with van der Waals surface area (Å²) in [5.74, 6) is 0.683. The SMILES string of the molecule is COc1cc(C)c(NC(=O)CCc2ccccc2F)cc1OC. The fraction of sp³-hybridized carbons (Fsp3) is 0.278. The number of benzene rings is 2. The van der Waals surface area contributed by atoms with Gasteiger partial charge in [0.1, 0.15) is 5.82 Å². The molecule has 0 unspecified atom stereocenters. The Labute approximate surface area is 135 Å². The van der Waals surface area contributed by atoms with Crippen LogP contribution in [0.1, 0.15) is 17.5 Å². The van der Waals surface area contributed by atoms with Crippen LogP contribution in [0.2, 0.25) is 0 Å². The molecule has 0 bridgehead atoms. The highest BCUT2D eigenvalue weighted by molar-refractivity contribution is 5.92. The zero-order valence-electron chi connectivity index (χ0n) is 13.5. The average molecular weight is 317 g/mol. The second-order valence-electron chi connectivity index (χ2n) is 5.16. The van der Waals surface area contributed by atoms with Crippen molar-refractivity contribution < 1.29 is 18.7 Å². The summed E-state index contributed by atoms with van der Waals surface area (Å²) in [5.41, 5.74) is 2.05. The number of halogens is 1. The summed E-state index contributed by atoms with van der Waals surface area (Å²) >= 11 is 0. The van der Waals surface area contributed by atoms with Crippen molar-refractivity contribution in [3.63, 3.8) is 0 Å². The van der Waals surface area contributed by atoms with Crippen LogP contribution in [-0.4, -0.2) is 20.1 Å². The Balaban J connectivity index is 2.04. The molecule has 4 nitrogen and oxygen atoms in total. The molecule has 2 rings (SSSR count). The zero-order chi connectivity index (χ0) is 16.8. The molecule has 0 aliphatic carbocycles. The molecule has 0 radical (unpaired) electrons. The number of rotatable bonds is 6. The van der Waals surface area contributed by atoms with E-state index in [0.29, 0.717) is 29.2 Å². The minimum Gasteiger partial charge on any atom is -0.493 e. The molecule has 5 heteroatoms. The number of amides is 1. The van der Waals surface area contributed by atoms with Crippen molar-refractivity contribution in [2.75, 3.05) is 19.5 Å². The van der Waals surface area contributed by atoms with Crippen LogP contribution >= 0.6 is 0 Å². The molecule has 1 N–H and O–H groups in total. The van der Waals surface area contributed by atoms with Crippen LogP contribution in [0.15, 0.2) is 36.4 Å². The van der Waals surface area contributed by atoms with Crippen molar-refractivity contribution in [3.8, 4) is 11.5 Å². The van der Waals surface area contributed by atoms with Gasteiger partial charge in [-0.3, -0.25) is 4.79 Å². The topological polar surface area (TPSA) is 47.6 Å². The zero-order valence-corrected chi connectivity index (χ0v) is 13.5. The summed E-state index contributed by atoms with van der Waals surface area (Å²) in [5, 5.41) is 2.83. The lowest BCUT2D eigenvalue weighted by Gasteiger charge is -2.13. The third-order valence-corrected chi connectivity index (χ3v) is 3.58. The van der Waals surface area contributed by atoms with E-state index in [-0.39, 0.29) is 18.1 Å². The third-order valence-electron chi connectivity index (χ3n) is 3.58. The Kier molecular flexibility index (Phi) is 5.57. The van der Waals surface area contributed by atoms with Crippen LogP contribution in [-0.2, 0) is 11.2 Å². The Hall–Kier alpha value is -2.56.